The number of hydrogen-bond donors (Lipinski definition) is 3. The minimum atomic E-state index is -0.880. The second kappa shape index (κ2) is 3.54. The first-order chi connectivity index (χ1) is 7.66. The molecule has 5 atom stereocenters. The lowest BCUT2D eigenvalue weighted by Gasteiger charge is -2.41. The van der Waals surface area contributed by atoms with Crippen molar-refractivity contribution >= 4 is 0 Å². The molecule has 0 radical (unpaired) electrons. The normalized spacial score (nSPS) is 50.1. The minimum Gasteiger partial charge on any atom is -0.390 e. The van der Waals surface area contributed by atoms with Crippen molar-refractivity contribution in [2.24, 2.45) is 5.41 Å². The molecule has 4 heteroatoms. The van der Waals surface area contributed by atoms with Gasteiger partial charge in [0, 0.05) is 5.41 Å². The summed E-state index contributed by atoms with van der Waals surface area (Å²) in [4.78, 5) is 0. The molecule has 2 rings (SSSR count). The average Bonchev–Trinajstić information content (AvgIpc) is 2.82. The maximum absolute atomic E-state index is 10.0. The smallest absolute Gasteiger partial charge is 0.128 e. The van der Waals surface area contributed by atoms with Crippen molar-refractivity contribution in [3.8, 4) is 0 Å². The molecule has 1 heterocycles. The molecule has 0 bridgehead atoms. The Morgan fingerprint density at radius 3 is 2.41 bits per heavy atom. The summed E-state index contributed by atoms with van der Waals surface area (Å²) in [5.74, 6) is 0. The fraction of sp³-hybridized carbons (Fsp3) is 0.846. The molecule has 4 nitrogen and oxygen atoms in total. The van der Waals surface area contributed by atoms with Crippen LogP contribution >= 0.6 is 0 Å². The summed E-state index contributed by atoms with van der Waals surface area (Å²) in [7, 11) is 0. The van der Waals surface area contributed by atoms with Crippen LogP contribution in [-0.2, 0) is 4.74 Å². The fourth-order valence-electron chi connectivity index (χ4n) is 3.25. The molecule has 2 fully saturated rings. The van der Waals surface area contributed by atoms with Crippen LogP contribution in [0.2, 0.25) is 0 Å². The lowest BCUT2D eigenvalue weighted by atomic mass is 9.62. The van der Waals surface area contributed by atoms with E-state index in [2.05, 4.69) is 0 Å². The van der Waals surface area contributed by atoms with E-state index in [1.54, 1.807) is 13.0 Å². The van der Waals surface area contributed by atoms with Gasteiger partial charge >= 0.3 is 0 Å². The van der Waals surface area contributed by atoms with Gasteiger partial charge in [-0.2, -0.15) is 0 Å². The Kier molecular flexibility index (Phi) is 2.71. The SMILES string of the molecule is C[C@H](O)/C=C/[C@]12O[C@@]1(C)[C@@H](O)[C@@H](O)CC2(C)C. The highest BCUT2D eigenvalue weighted by Gasteiger charge is 2.78. The van der Waals surface area contributed by atoms with Gasteiger partial charge in [0.25, 0.3) is 0 Å². The van der Waals surface area contributed by atoms with E-state index < -0.39 is 29.5 Å². The van der Waals surface area contributed by atoms with Crippen molar-refractivity contribution in [2.45, 2.75) is 63.6 Å². The number of epoxide rings is 1. The molecule has 2 aliphatic rings. The Labute approximate surface area is 102 Å². The number of fused-ring (bicyclic) bond motifs is 1. The molecule has 1 aliphatic carbocycles. The molecule has 0 amide bonds. The molecular formula is C13H22O4. The van der Waals surface area contributed by atoms with Crippen LogP contribution < -0.4 is 0 Å². The average molecular weight is 242 g/mol. The largest absolute Gasteiger partial charge is 0.390 e. The first kappa shape index (κ1) is 13.0. The Hall–Kier alpha value is -0.420. The third-order valence-electron chi connectivity index (χ3n) is 4.33. The van der Waals surface area contributed by atoms with Crippen LogP contribution in [0.1, 0.15) is 34.1 Å². The van der Waals surface area contributed by atoms with E-state index in [4.69, 9.17) is 4.74 Å². The zero-order valence-corrected chi connectivity index (χ0v) is 10.8. The highest BCUT2D eigenvalue weighted by atomic mass is 16.6. The van der Waals surface area contributed by atoms with E-state index in [-0.39, 0.29) is 5.41 Å². The van der Waals surface area contributed by atoms with Crippen LogP contribution in [0, 0.1) is 5.41 Å². The quantitative estimate of drug-likeness (QED) is 0.490. The third kappa shape index (κ3) is 1.58. The minimum absolute atomic E-state index is 0.272. The Morgan fingerprint density at radius 1 is 1.29 bits per heavy atom. The van der Waals surface area contributed by atoms with E-state index in [1.165, 1.54) is 0 Å². The van der Waals surface area contributed by atoms with Crippen LogP contribution in [0.4, 0.5) is 0 Å². The Balaban J connectivity index is 2.34. The van der Waals surface area contributed by atoms with Gasteiger partial charge in [-0.05, 0) is 20.3 Å². The lowest BCUT2D eigenvalue weighted by molar-refractivity contribution is -0.0603. The summed E-state index contributed by atoms with van der Waals surface area (Å²) in [6.45, 7) is 7.52. The first-order valence-corrected chi connectivity index (χ1v) is 6.10. The molecule has 0 aromatic rings. The molecule has 1 saturated heterocycles. The predicted molar refractivity (Wildman–Crippen MR) is 63.5 cm³/mol. The molecule has 0 spiro atoms. The summed E-state index contributed by atoms with van der Waals surface area (Å²) in [5.41, 5.74) is -1.61. The zero-order chi connectivity index (χ0) is 13.1. The second-order valence-corrected chi connectivity index (χ2v) is 6.14. The van der Waals surface area contributed by atoms with Gasteiger partial charge in [-0.3, -0.25) is 0 Å². The molecule has 1 saturated carbocycles. The van der Waals surface area contributed by atoms with Gasteiger partial charge in [0.1, 0.15) is 17.3 Å². The third-order valence-corrected chi connectivity index (χ3v) is 4.33. The van der Waals surface area contributed by atoms with Crippen LogP contribution in [0.5, 0.6) is 0 Å². The van der Waals surface area contributed by atoms with E-state index in [0.29, 0.717) is 6.42 Å². The standard InChI is InChI=1S/C13H22O4/c1-8(14)5-6-13-11(2,3)7-9(15)10(16)12(13,4)17-13/h5-6,8-10,14-16H,7H2,1-4H3/b6-5+/t8-,9-,10-,12-,13+/m0/s1. The molecule has 17 heavy (non-hydrogen) atoms. The van der Waals surface area contributed by atoms with Crippen molar-refractivity contribution in [1.82, 2.24) is 0 Å². The molecule has 0 aromatic heterocycles. The summed E-state index contributed by atoms with van der Waals surface area (Å²) < 4.78 is 5.79. The summed E-state index contributed by atoms with van der Waals surface area (Å²) in [6, 6.07) is 0. The van der Waals surface area contributed by atoms with Crippen LogP contribution in [-0.4, -0.2) is 44.8 Å². The van der Waals surface area contributed by atoms with Crippen molar-refractivity contribution in [2.75, 3.05) is 0 Å². The summed E-state index contributed by atoms with van der Waals surface area (Å²) >= 11 is 0. The van der Waals surface area contributed by atoms with Gasteiger partial charge in [0.15, 0.2) is 0 Å². The first-order valence-electron chi connectivity index (χ1n) is 6.10. The van der Waals surface area contributed by atoms with E-state index in [9.17, 15) is 15.3 Å². The lowest BCUT2D eigenvalue weighted by Crippen LogP contribution is -2.55. The van der Waals surface area contributed by atoms with E-state index in [1.807, 2.05) is 26.8 Å². The maximum atomic E-state index is 10.0. The van der Waals surface area contributed by atoms with Gasteiger partial charge in [0.05, 0.1) is 12.2 Å². The van der Waals surface area contributed by atoms with Crippen molar-refractivity contribution < 1.29 is 20.1 Å². The maximum Gasteiger partial charge on any atom is 0.128 e. The predicted octanol–water partition coefficient (Wildman–Crippen LogP) is 0.603. The molecule has 1 aliphatic heterocycles. The molecule has 98 valence electrons. The Morgan fingerprint density at radius 2 is 1.88 bits per heavy atom. The monoisotopic (exact) mass is 242 g/mol. The van der Waals surface area contributed by atoms with E-state index in [0.717, 1.165) is 0 Å². The van der Waals surface area contributed by atoms with Crippen molar-refractivity contribution in [1.29, 1.82) is 0 Å². The number of rotatable bonds is 2. The number of ether oxygens (including phenoxy) is 1. The van der Waals surface area contributed by atoms with Gasteiger partial charge in [-0.15, -0.1) is 0 Å². The molecule has 0 unspecified atom stereocenters. The molecule has 3 N–H and O–H groups in total. The van der Waals surface area contributed by atoms with Crippen LogP contribution in [0.25, 0.3) is 0 Å². The van der Waals surface area contributed by atoms with Gasteiger partial charge in [-0.25, -0.2) is 0 Å². The fourth-order valence-corrected chi connectivity index (χ4v) is 3.25. The van der Waals surface area contributed by atoms with Gasteiger partial charge in [0.2, 0.25) is 0 Å². The Bertz CT molecular complexity index is 349. The summed E-state index contributed by atoms with van der Waals surface area (Å²) in [5, 5.41) is 29.2. The van der Waals surface area contributed by atoms with Gasteiger partial charge in [-0.1, -0.05) is 26.0 Å². The summed E-state index contributed by atoms with van der Waals surface area (Å²) in [6.07, 6.45) is 1.82. The topological polar surface area (TPSA) is 73.2 Å². The zero-order valence-electron chi connectivity index (χ0n) is 10.8. The molecule has 0 aromatic carbocycles. The van der Waals surface area contributed by atoms with Gasteiger partial charge < -0.3 is 20.1 Å². The molecular weight excluding hydrogens is 220 g/mol. The number of aliphatic hydroxyl groups excluding tert-OH is 3. The number of aliphatic hydroxyl groups is 3. The van der Waals surface area contributed by atoms with Crippen LogP contribution in [0.3, 0.4) is 0 Å². The highest BCUT2D eigenvalue weighted by molar-refractivity contribution is 5.34. The van der Waals surface area contributed by atoms with Crippen LogP contribution in [0.15, 0.2) is 12.2 Å². The van der Waals surface area contributed by atoms with Crippen molar-refractivity contribution in [3.63, 3.8) is 0 Å². The van der Waals surface area contributed by atoms with E-state index >= 15 is 0 Å². The second-order valence-electron chi connectivity index (χ2n) is 6.14. The van der Waals surface area contributed by atoms with Crippen molar-refractivity contribution in [3.05, 3.63) is 12.2 Å². The highest BCUT2D eigenvalue weighted by Crippen LogP contribution is 2.65. The number of hydrogen-bond acceptors (Lipinski definition) is 4.